The number of fused-ring (bicyclic) bond motifs is 3. The minimum absolute atomic E-state index is 0.0245. The minimum Gasteiger partial charge on any atom is -0.345 e. The lowest BCUT2D eigenvalue weighted by molar-refractivity contribution is 0.0844. The number of hydrogen-bond donors (Lipinski definition) is 1. The van der Waals surface area contributed by atoms with Crippen molar-refractivity contribution in [3.05, 3.63) is 39.8 Å². The molecule has 2 heterocycles. The van der Waals surface area contributed by atoms with Crippen molar-refractivity contribution in [3.63, 3.8) is 0 Å². The van der Waals surface area contributed by atoms with Crippen LogP contribution in [-0.2, 0) is 6.42 Å². The number of carbonyl (C=O) groups excluding carboxylic acids is 1. The van der Waals surface area contributed by atoms with Crippen molar-refractivity contribution < 1.29 is 4.79 Å². The monoisotopic (exact) mass is 386 g/mol. The number of aromatic nitrogens is 3. The molecular formula is C18H19BrN4O. The number of rotatable bonds is 3. The van der Waals surface area contributed by atoms with E-state index in [4.69, 9.17) is 0 Å². The zero-order valence-electron chi connectivity index (χ0n) is 13.6. The van der Waals surface area contributed by atoms with Crippen LogP contribution in [0.2, 0.25) is 0 Å². The Bertz CT molecular complexity index is 855. The topological polar surface area (TPSA) is 59.8 Å². The highest BCUT2D eigenvalue weighted by molar-refractivity contribution is 9.10. The summed E-state index contributed by atoms with van der Waals surface area (Å²) in [4.78, 5) is 17.3. The molecule has 0 aromatic carbocycles. The van der Waals surface area contributed by atoms with Gasteiger partial charge < -0.3 is 5.32 Å². The van der Waals surface area contributed by atoms with Gasteiger partial charge in [0.25, 0.3) is 5.91 Å². The summed E-state index contributed by atoms with van der Waals surface area (Å²) in [7, 11) is 0. The number of nitrogens with zero attached hydrogens (tertiary/aromatic N) is 3. The summed E-state index contributed by atoms with van der Waals surface area (Å²) in [6, 6.07) is 3.86. The van der Waals surface area contributed by atoms with Crippen molar-refractivity contribution in [2.24, 2.45) is 5.92 Å². The SMILES string of the molecule is CC1(NC(=O)c2nn(-c3cc(Br)ccn3)c3c2C[C@H]2C[C@@H]32)CCC1. The molecular weight excluding hydrogens is 368 g/mol. The molecule has 3 aliphatic carbocycles. The standard InChI is InChI=1S/C18H19BrN4O/c1-18(4-2-5-18)21-17(24)15-13-8-10-7-12(10)16(13)23(22-15)14-9-11(19)3-6-20-14/h3,6,9-10,12H,2,4-5,7-8H2,1H3,(H,21,24)/t10-,12-/m1/s1. The molecule has 1 N–H and O–H groups in total. The fourth-order valence-corrected chi connectivity index (χ4v) is 4.47. The van der Waals surface area contributed by atoms with Gasteiger partial charge in [0.15, 0.2) is 11.5 Å². The van der Waals surface area contributed by atoms with Crippen LogP contribution in [0.1, 0.15) is 60.3 Å². The van der Waals surface area contributed by atoms with E-state index in [0.717, 1.165) is 35.1 Å². The molecule has 0 spiro atoms. The van der Waals surface area contributed by atoms with Gasteiger partial charge in [0.1, 0.15) is 0 Å². The van der Waals surface area contributed by atoms with Crippen molar-refractivity contribution in [1.82, 2.24) is 20.1 Å². The van der Waals surface area contributed by atoms with Gasteiger partial charge in [-0.3, -0.25) is 4.79 Å². The Kier molecular flexibility index (Phi) is 2.99. The summed E-state index contributed by atoms with van der Waals surface area (Å²) in [6.45, 7) is 2.12. The minimum atomic E-state index is -0.0523. The van der Waals surface area contributed by atoms with Crippen molar-refractivity contribution in [2.75, 3.05) is 0 Å². The van der Waals surface area contributed by atoms with Crippen molar-refractivity contribution >= 4 is 21.8 Å². The molecule has 2 atom stereocenters. The highest BCUT2D eigenvalue weighted by atomic mass is 79.9. The highest BCUT2D eigenvalue weighted by Gasteiger charge is 2.50. The quantitative estimate of drug-likeness (QED) is 0.879. The van der Waals surface area contributed by atoms with Gasteiger partial charge in [-0.2, -0.15) is 5.10 Å². The van der Waals surface area contributed by atoms with Gasteiger partial charge in [-0.1, -0.05) is 15.9 Å². The Morgan fingerprint density at radius 1 is 1.46 bits per heavy atom. The van der Waals surface area contributed by atoms with E-state index < -0.39 is 0 Å². The predicted molar refractivity (Wildman–Crippen MR) is 93.3 cm³/mol. The van der Waals surface area contributed by atoms with Crippen LogP contribution in [0.5, 0.6) is 0 Å². The number of nitrogens with one attached hydrogen (secondary N) is 1. The average Bonchev–Trinajstić information content (AvgIpc) is 3.02. The molecule has 5 rings (SSSR count). The lowest BCUT2D eigenvalue weighted by Gasteiger charge is -2.38. The van der Waals surface area contributed by atoms with Gasteiger partial charge in [0.05, 0.1) is 5.69 Å². The summed E-state index contributed by atoms with van der Waals surface area (Å²) in [5.74, 6) is 2.00. The van der Waals surface area contributed by atoms with E-state index in [9.17, 15) is 4.79 Å². The highest BCUT2D eigenvalue weighted by Crippen LogP contribution is 2.57. The van der Waals surface area contributed by atoms with Crippen LogP contribution in [-0.4, -0.2) is 26.2 Å². The first-order valence-corrected chi connectivity index (χ1v) is 9.40. The molecule has 24 heavy (non-hydrogen) atoms. The molecule has 2 aromatic rings. The van der Waals surface area contributed by atoms with Crippen LogP contribution < -0.4 is 5.32 Å². The molecule has 0 aliphatic heterocycles. The van der Waals surface area contributed by atoms with Crippen LogP contribution in [0, 0.1) is 5.92 Å². The Morgan fingerprint density at radius 3 is 3.00 bits per heavy atom. The Hall–Kier alpha value is -1.69. The normalized spacial score (nSPS) is 25.6. The third-order valence-corrected chi connectivity index (χ3v) is 6.27. The predicted octanol–water partition coefficient (Wildman–Crippen LogP) is 3.36. The fourth-order valence-electron chi connectivity index (χ4n) is 4.15. The van der Waals surface area contributed by atoms with E-state index >= 15 is 0 Å². The summed E-state index contributed by atoms with van der Waals surface area (Å²) in [5.41, 5.74) is 2.89. The number of halogens is 1. The molecule has 5 nitrogen and oxygen atoms in total. The van der Waals surface area contributed by atoms with Gasteiger partial charge in [-0.05, 0) is 57.1 Å². The summed E-state index contributed by atoms with van der Waals surface area (Å²) >= 11 is 3.50. The van der Waals surface area contributed by atoms with E-state index in [1.54, 1.807) is 6.20 Å². The first kappa shape index (κ1) is 14.6. The first-order valence-electron chi connectivity index (χ1n) is 8.60. The molecule has 2 aromatic heterocycles. The fraction of sp³-hybridized carbons (Fsp3) is 0.500. The molecule has 1 amide bonds. The van der Waals surface area contributed by atoms with Crippen LogP contribution in [0.15, 0.2) is 22.8 Å². The summed E-state index contributed by atoms with van der Waals surface area (Å²) in [5, 5.41) is 7.88. The maximum absolute atomic E-state index is 12.8. The van der Waals surface area contributed by atoms with E-state index in [-0.39, 0.29) is 11.4 Å². The van der Waals surface area contributed by atoms with Gasteiger partial charge in [-0.25, -0.2) is 9.67 Å². The second kappa shape index (κ2) is 4.91. The van der Waals surface area contributed by atoms with Crippen LogP contribution in [0.25, 0.3) is 5.82 Å². The molecule has 0 bridgehead atoms. The van der Waals surface area contributed by atoms with E-state index in [2.05, 4.69) is 38.3 Å². The molecule has 3 aliphatic rings. The van der Waals surface area contributed by atoms with Gasteiger partial charge >= 0.3 is 0 Å². The van der Waals surface area contributed by atoms with E-state index in [1.807, 2.05) is 16.8 Å². The average molecular weight is 387 g/mol. The smallest absolute Gasteiger partial charge is 0.272 e. The number of carbonyl (C=O) groups is 1. The van der Waals surface area contributed by atoms with Crippen LogP contribution in [0.4, 0.5) is 0 Å². The number of hydrogen-bond acceptors (Lipinski definition) is 3. The molecule has 0 saturated heterocycles. The van der Waals surface area contributed by atoms with Crippen LogP contribution >= 0.6 is 15.9 Å². The number of pyridine rings is 1. The van der Waals surface area contributed by atoms with Crippen molar-refractivity contribution in [1.29, 1.82) is 0 Å². The lowest BCUT2D eigenvalue weighted by Crippen LogP contribution is -2.51. The van der Waals surface area contributed by atoms with Gasteiger partial charge in [0.2, 0.25) is 0 Å². The second-order valence-corrected chi connectivity index (χ2v) is 8.55. The molecule has 2 saturated carbocycles. The molecule has 2 fully saturated rings. The molecule has 0 unspecified atom stereocenters. The maximum Gasteiger partial charge on any atom is 0.272 e. The summed E-state index contributed by atoms with van der Waals surface area (Å²) in [6.07, 6.45) is 7.26. The third kappa shape index (κ3) is 2.15. The molecule has 6 heteroatoms. The zero-order valence-corrected chi connectivity index (χ0v) is 15.1. The maximum atomic E-state index is 12.8. The Morgan fingerprint density at radius 2 is 2.29 bits per heavy atom. The lowest BCUT2D eigenvalue weighted by atomic mass is 9.78. The Balaban J connectivity index is 1.56. The van der Waals surface area contributed by atoms with Crippen LogP contribution in [0.3, 0.4) is 0 Å². The molecule has 0 radical (unpaired) electrons. The Labute approximate surface area is 149 Å². The molecule has 124 valence electrons. The van der Waals surface area contributed by atoms with Crippen molar-refractivity contribution in [3.8, 4) is 5.82 Å². The first-order chi connectivity index (χ1) is 11.5. The number of amides is 1. The second-order valence-electron chi connectivity index (χ2n) is 7.63. The third-order valence-electron chi connectivity index (χ3n) is 5.78. The van der Waals surface area contributed by atoms with Gasteiger partial charge in [0, 0.05) is 27.7 Å². The summed E-state index contributed by atoms with van der Waals surface area (Å²) < 4.78 is 2.87. The van der Waals surface area contributed by atoms with E-state index in [1.165, 1.54) is 18.5 Å². The zero-order chi connectivity index (χ0) is 16.5. The van der Waals surface area contributed by atoms with Gasteiger partial charge in [-0.15, -0.1) is 0 Å². The van der Waals surface area contributed by atoms with Crippen molar-refractivity contribution in [2.45, 2.75) is 50.5 Å². The van der Waals surface area contributed by atoms with E-state index in [0.29, 0.717) is 17.5 Å². The largest absolute Gasteiger partial charge is 0.345 e.